The van der Waals surface area contributed by atoms with Crippen LogP contribution in [0.25, 0.3) is 11.2 Å². The summed E-state index contributed by atoms with van der Waals surface area (Å²) >= 11 is 12.9. The zero-order valence-electron chi connectivity index (χ0n) is 19.4. The molecule has 2 fully saturated rings. The molecule has 0 spiro atoms. The summed E-state index contributed by atoms with van der Waals surface area (Å²) in [4.78, 5) is 25.7. The molecule has 0 radical (unpaired) electrons. The molecule has 5 rings (SSSR count). The second kappa shape index (κ2) is 10.1. The van der Waals surface area contributed by atoms with Crippen molar-refractivity contribution in [3.05, 3.63) is 33.9 Å². The lowest BCUT2D eigenvalue weighted by Crippen LogP contribution is -2.29. The Morgan fingerprint density at radius 1 is 1.14 bits per heavy atom. The third-order valence-corrected chi connectivity index (χ3v) is 7.64. The number of carbonyl (C=O) groups is 1. The number of nitrogens with one attached hydrogen (secondary N) is 2. The fraction of sp³-hybridized carbons (Fsp3) is 0.458. The van der Waals surface area contributed by atoms with Gasteiger partial charge in [0.2, 0.25) is 17.8 Å². The highest BCUT2D eigenvalue weighted by atomic mass is 35.5. The molecule has 2 saturated carbocycles. The van der Waals surface area contributed by atoms with Crippen LogP contribution in [-0.4, -0.2) is 42.7 Å². The van der Waals surface area contributed by atoms with Crippen LogP contribution in [0, 0.1) is 17.2 Å². The number of hydrogen-bond donors (Lipinski definition) is 4. The van der Waals surface area contributed by atoms with Crippen molar-refractivity contribution >= 4 is 57.9 Å². The van der Waals surface area contributed by atoms with Crippen molar-refractivity contribution in [1.29, 1.82) is 5.26 Å². The van der Waals surface area contributed by atoms with Crippen molar-refractivity contribution in [2.45, 2.75) is 63.1 Å². The summed E-state index contributed by atoms with van der Waals surface area (Å²) in [7, 11) is 0. The van der Waals surface area contributed by atoms with Crippen LogP contribution in [0.4, 0.5) is 17.6 Å². The number of aliphatic hydroxyl groups is 1. The number of aromatic nitrogens is 4. The number of nitriles is 1. The van der Waals surface area contributed by atoms with E-state index in [1.807, 2.05) is 10.6 Å². The first-order valence-electron chi connectivity index (χ1n) is 12.0. The molecule has 12 heteroatoms. The van der Waals surface area contributed by atoms with Gasteiger partial charge < -0.3 is 21.5 Å². The second-order valence-electron chi connectivity index (χ2n) is 9.48. The van der Waals surface area contributed by atoms with Crippen molar-refractivity contribution < 1.29 is 9.90 Å². The fourth-order valence-electron chi connectivity index (χ4n) is 5.15. The van der Waals surface area contributed by atoms with E-state index in [2.05, 4.69) is 15.6 Å². The third-order valence-electron chi connectivity index (χ3n) is 7.04. The minimum absolute atomic E-state index is 0.0140. The van der Waals surface area contributed by atoms with Crippen LogP contribution < -0.4 is 16.4 Å². The number of nitrogens with zero attached hydrogens (tertiary/aromatic N) is 5. The first-order valence-corrected chi connectivity index (χ1v) is 12.7. The molecule has 2 aliphatic carbocycles. The van der Waals surface area contributed by atoms with Crippen molar-refractivity contribution in [2.24, 2.45) is 11.7 Å². The lowest BCUT2D eigenvalue weighted by atomic mass is 9.85. The molecule has 36 heavy (non-hydrogen) atoms. The maximum atomic E-state index is 11.7. The van der Waals surface area contributed by atoms with Gasteiger partial charge >= 0.3 is 0 Å². The van der Waals surface area contributed by atoms with E-state index in [1.165, 1.54) is 0 Å². The van der Waals surface area contributed by atoms with Gasteiger partial charge in [0.1, 0.15) is 5.52 Å². The number of fused-ring (bicyclic) bond motifs is 1. The Kier molecular flexibility index (Phi) is 6.88. The monoisotopic (exact) mass is 528 g/mol. The largest absolute Gasteiger partial charge is 0.393 e. The molecule has 3 aromatic rings. The summed E-state index contributed by atoms with van der Waals surface area (Å²) in [5.41, 5.74) is 7.57. The van der Waals surface area contributed by atoms with Crippen LogP contribution >= 0.6 is 23.2 Å². The van der Waals surface area contributed by atoms with E-state index in [4.69, 9.17) is 38.9 Å². The molecule has 5 N–H and O–H groups in total. The molecule has 10 nitrogen and oxygen atoms in total. The molecule has 0 bridgehead atoms. The van der Waals surface area contributed by atoms with Gasteiger partial charge in [-0.15, -0.1) is 0 Å². The number of rotatable bonds is 6. The van der Waals surface area contributed by atoms with E-state index in [0.29, 0.717) is 63.6 Å². The van der Waals surface area contributed by atoms with Crippen molar-refractivity contribution in [2.75, 3.05) is 10.6 Å². The number of hydrogen-bond acceptors (Lipinski definition) is 8. The van der Waals surface area contributed by atoms with Crippen LogP contribution in [0.3, 0.4) is 0 Å². The molecule has 188 valence electrons. The maximum absolute atomic E-state index is 11.7. The second-order valence-corrected chi connectivity index (χ2v) is 10.3. The number of benzene rings is 1. The Morgan fingerprint density at radius 2 is 1.86 bits per heavy atom. The van der Waals surface area contributed by atoms with Crippen molar-refractivity contribution in [3.8, 4) is 6.07 Å². The highest BCUT2D eigenvalue weighted by Gasteiger charge is 2.30. The molecule has 0 saturated heterocycles. The van der Waals surface area contributed by atoms with Gasteiger partial charge in [-0.3, -0.25) is 9.36 Å². The van der Waals surface area contributed by atoms with Crippen molar-refractivity contribution in [3.63, 3.8) is 0 Å². The zero-order valence-corrected chi connectivity index (χ0v) is 20.9. The van der Waals surface area contributed by atoms with Crippen LogP contribution in [0.1, 0.15) is 56.6 Å². The first-order chi connectivity index (χ1) is 17.3. The predicted molar refractivity (Wildman–Crippen MR) is 137 cm³/mol. The van der Waals surface area contributed by atoms with Crippen LogP contribution in [0.2, 0.25) is 10.0 Å². The molecule has 2 aromatic heterocycles. The molecule has 2 heterocycles. The average molecular weight is 529 g/mol. The van der Waals surface area contributed by atoms with Crippen LogP contribution in [0.5, 0.6) is 0 Å². The minimum Gasteiger partial charge on any atom is -0.393 e. The molecule has 2 atom stereocenters. The summed E-state index contributed by atoms with van der Waals surface area (Å²) in [5, 5.41) is 26.2. The Balaban J connectivity index is 1.53. The number of imidazole rings is 1. The van der Waals surface area contributed by atoms with E-state index in [0.717, 1.165) is 25.7 Å². The lowest BCUT2D eigenvalue weighted by molar-refractivity contribution is -0.122. The van der Waals surface area contributed by atoms with E-state index in [-0.39, 0.29) is 30.0 Å². The van der Waals surface area contributed by atoms with E-state index in [9.17, 15) is 15.2 Å². The van der Waals surface area contributed by atoms with Gasteiger partial charge in [0, 0.05) is 18.0 Å². The highest BCUT2D eigenvalue weighted by Crippen LogP contribution is 2.39. The van der Waals surface area contributed by atoms with Gasteiger partial charge in [0.25, 0.3) is 0 Å². The maximum Gasteiger partial charge on any atom is 0.224 e. The minimum atomic E-state index is -0.310. The summed E-state index contributed by atoms with van der Waals surface area (Å²) in [6.45, 7) is 0. The summed E-state index contributed by atoms with van der Waals surface area (Å²) in [5.74, 6) is 0.542. The average Bonchev–Trinajstić information content (AvgIpc) is 3.43. The van der Waals surface area contributed by atoms with Gasteiger partial charge in [-0.25, -0.2) is 9.97 Å². The molecule has 1 aromatic carbocycles. The van der Waals surface area contributed by atoms with E-state index < -0.39 is 0 Å². The number of carbonyl (C=O) groups excluding carboxylic acids is 1. The molecule has 1 amide bonds. The molecule has 0 aliphatic heterocycles. The normalized spacial score (nSPS) is 23.9. The van der Waals surface area contributed by atoms with Gasteiger partial charge in [-0.05, 0) is 57.1 Å². The Bertz CT molecular complexity index is 1320. The van der Waals surface area contributed by atoms with Gasteiger partial charge in [-0.2, -0.15) is 10.2 Å². The van der Waals surface area contributed by atoms with Gasteiger partial charge in [0.15, 0.2) is 5.65 Å². The quantitative estimate of drug-likeness (QED) is 0.369. The van der Waals surface area contributed by atoms with Gasteiger partial charge in [0.05, 0.1) is 39.7 Å². The van der Waals surface area contributed by atoms with Crippen LogP contribution in [0.15, 0.2) is 18.3 Å². The number of anilines is 3. The first kappa shape index (κ1) is 24.6. The van der Waals surface area contributed by atoms with Crippen LogP contribution in [-0.2, 0) is 4.79 Å². The number of aliphatic hydroxyl groups excluding tert-OH is 1. The number of amides is 1. The smallest absolute Gasteiger partial charge is 0.224 e. The van der Waals surface area contributed by atoms with E-state index in [1.54, 1.807) is 18.3 Å². The Labute approximate surface area is 217 Å². The number of halogens is 2. The predicted octanol–water partition coefficient (Wildman–Crippen LogP) is 4.29. The Morgan fingerprint density at radius 3 is 2.47 bits per heavy atom. The third kappa shape index (κ3) is 4.91. The molecular formula is C24H26Cl2N8O2. The number of primary amides is 1. The van der Waals surface area contributed by atoms with Gasteiger partial charge in [-0.1, -0.05) is 23.2 Å². The topological polar surface area (TPSA) is 155 Å². The molecule has 0 unspecified atom stereocenters. The highest BCUT2D eigenvalue weighted by molar-refractivity contribution is 6.39. The fourth-order valence-corrected chi connectivity index (χ4v) is 5.73. The van der Waals surface area contributed by atoms with E-state index >= 15 is 0 Å². The van der Waals surface area contributed by atoms with Crippen molar-refractivity contribution in [1.82, 2.24) is 19.5 Å². The number of nitrogens with two attached hydrogens (primary N) is 1. The standard InChI is InChI=1S/C24H26Cl2N8O2/c25-17-7-12(10-27)8-18(26)20(17)32-24-31-19-11-29-23(30-14-3-6-16(35)9-14)33-22(19)34(24)15-4-1-13(2-5-15)21(28)36/h7-8,11,13-16,35H,1-6,9H2,(H2,28,36)(H,31,32)(H,29,30,33)/t13-,14-,15-,16-/m1/s1. The summed E-state index contributed by atoms with van der Waals surface area (Å²) in [6.07, 6.45) is 6.41. The summed E-state index contributed by atoms with van der Waals surface area (Å²) < 4.78 is 2.01. The lowest BCUT2D eigenvalue weighted by Gasteiger charge is -2.29. The SMILES string of the molecule is N#Cc1cc(Cl)c(Nc2nc3cnc(N[C@@H]4CC[C@@H](O)C4)nc3n2[C@H]2CC[C@H](C(N)=O)CC2)c(Cl)c1. The Hall–Kier alpha value is -3.13. The molecular weight excluding hydrogens is 503 g/mol. The zero-order chi connectivity index (χ0) is 25.4. The summed E-state index contributed by atoms with van der Waals surface area (Å²) in [6, 6.07) is 5.24. The molecule has 2 aliphatic rings.